The van der Waals surface area contributed by atoms with E-state index >= 15 is 0 Å². The lowest BCUT2D eigenvalue weighted by Crippen LogP contribution is -2.48. The van der Waals surface area contributed by atoms with Crippen LogP contribution in [0.4, 0.5) is 0 Å². The van der Waals surface area contributed by atoms with Crippen LogP contribution in [-0.2, 0) is 0 Å². The van der Waals surface area contributed by atoms with E-state index in [1.807, 2.05) is 0 Å². The molecule has 1 aliphatic heterocycles. The summed E-state index contributed by atoms with van der Waals surface area (Å²) in [5.41, 5.74) is 1.000. The molecule has 1 heteroatoms. The van der Waals surface area contributed by atoms with Crippen LogP contribution in [0.3, 0.4) is 0 Å². The second kappa shape index (κ2) is 5.73. The molecule has 0 bridgehead atoms. The van der Waals surface area contributed by atoms with Crippen molar-refractivity contribution in [1.29, 1.82) is 0 Å². The Labute approximate surface area is 109 Å². The van der Waals surface area contributed by atoms with Gasteiger partial charge < -0.3 is 4.90 Å². The fourth-order valence-corrected chi connectivity index (χ4v) is 3.72. The average Bonchev–Trinajstić information content (AvgIpc) is 2.06. The van der Waals surface area contributed by atoms with Gasteiger partial charge in [-0.15, -0.1) is 0 Å². The molecule has 0 spiro atoms. The lowest BCUT2D eigenvalue weighted by atomic mass is 9.71. The van der Waals surface area contributed by atoms with Crippen molar-refractivity contribution in [2.75, 3.05) is 19.6 Å². The summed E-state index contributed by atoms with van der Waals surface area (Å²) in [6.45, 7) is 18.2. The molecule has 17 heavy (non-hydrogen) atoms. The third-order valence-corrected chi connectivity index (χ3v) is 3.77. The highest BCUT2D eigenvalue weighted by Crippen LogP contribution is 2.39. The first-order chi connectivity index (χ1) is 7.70. The number of nitrogens with zero attached hydrogens (tertiary/aromatic N) is 1. The van der Waals surface area contributed by atoms with Gasteiger partial charge in [0.25, 0.3) is 0 Å². The molecule has 0 amide bonds. The number of unbranched alkanes of at least 4 members (excludes halogenated alkanes) is 1. The summed E-state index contributed by atoms with van der Waals surface area (Å²) in [6.07, 6.45) is 5.53. The predicted molar refractivity (Wildman–Crippen MR) is 77.3 cm³/mol. The third-order valence-electron chi connectivity index (χ3n) is 3.77. The van der Waals surface area contributed by atoms with E-state index in [4.69, 9.17) is 0 Å². The van der Waals surface area contributed by atoms with Gasteiger partial charge in [-0.2, -0.15) is 0 Å². The van der Waals surface area contributed by atoms with Crippen LogP contribution in [0.25, 0.3) is 0 Å². The number of hydrogen-bond donors (Lipinski definition) is 0. The van der Waals surface area contributed by atoms with E-state index in [0.29, 0.717) is 10.8 Å². The zero-order valence-corrected chi connectivity index (χ0v) is 13.0. The van der Waals surface area contributed by atoms with Gasteiger partial charge in [-0.1, -0.05) is 54.4 Å². The van der Waals surface area contributed by atoms with Crippen LogP contribution in [0.15, 0.2) is 0 Å². The van der Waals surface area contributed by atoms with Crippen LogP contribution in [0, 0.1) is 16.7 Å². The number of rotatable bonds is 5. The quantitative estimate of drug-likeness (QED) is 0.635. The summed E-state index contributed by atoms with van der Waals surface area (Å²) in [5, 5.41) is 0. The molecule has 1 fully saturated rings. The topological polar surface area (TPSA) is 3.24 Å². The van der Waals surface area contributed by atoms with Gasteiger partial charge in [0.15, 0.2) is 0 Å². The van der Waals surface area contributed by atoms with E-state index in [1.54, 1.807) is 0 Å². The molecule has 1 saturated heterocycles. The van der Waals surface area contributed by atoms with Crippen molar-refractivity contribution in [3.63, 3.8) is 0 Å². The Hall–Kier alpha value is -0.0400. The summed E-state index contributed by atoms with van der Waals surface area (Å²) >= 11 is 0. The van der Waals surface area contributed by atoms with Crippen LogP contribution in [0.2, 0.25) is 0 Å². The van der Waals surface area contributed by atoms with Crippen LogP contribution in [0.5, 0.6) is 0 Å². The minimum Gasteiger partial charge on any atom is -0.302 e. The van der Waals surface area contributed by atoms with Crippen molar-refractivity contribution >= 4 is 0 Å². The Morgan fingerprint density at radius 3 is 1.94 bits per heavy atom. The van der Waals surface area contributed by atoms with E-state index in [0.717, 1.165) is 5.92 Å². The normalized spacial score (nSPS) is 24.2. The van der Waals surface area contributed by atoms with Gasteiger partial charge in [-0.05, 0) is 36.1 Å². The van der Waals surface area contributed by atoms with E-state index in [9.17, 15) is 0 Å². The van der Waals surface area contributed by atoms with E-state index in [-0.39, 0.29) is 0 Å². The van der Waals surface area contributed by atoms with Crippen molar-refractivity contribution in [2.24, 2.45) is 16.7 Å². The molecule has 0 unspecified atom stereocenters. The van der Waals surface area contributed by atoms with Crippen molar-refractivity contribution in [3.8, 4) is 0 Å². The molecule has 0 N–H and O–H groups in total. The molecule has 0 aromatic heterocycles. The molecule has 1 nitrogen and oxygen atoms in total. The van der Waals surface area contributed by atoms with Crippen molar-refractivity contribution in [3.05, 3.63) is 0 Å². The number of hydrogen-bond acceptors (Lipinski definition) is 1. The average molecular weight is 239 g/mol. The maximum absolute atomic E-state index is 2.70. The summed E-state index contributed by atoms with van der Waals surface area (Å²) in [6, 6.07) is 0. The van der Waals surface area contributed by atoms with Crippen LogP contribution in [-0.4, -0.2) is 24.5 Å². The fourth-order valence-electron chi connectivity index (χ4n) is 3.72. The van der Waals surface area contributed by atoms with Gasteiger partial charge in [-0.25, -0.2) is 0 Å². The molecule has 0 radical (unpaired) electrons. The lowest BCUT2D eigenvalue weighted by molar-refractivity contribution is 0.0268. The second-order valence-electron chi connectivity index (χ2n) is 8.11. The summed E-state index contributed by atoms with van der Waals surface area (Å²) in [4.78, 5) is 2.70. The third kappa shape index (κ3) is 5.90. The molecule has 0 aromatic carbocycles. The molecule has 102 valence electrons. The summed E-state index contributed by atoms with van der Waals surface area (Å²) < 4.78 is 0. The molecule has 0 aliphatic carbocycles. The fraction of sp³-hybridized carbons (Fsp3) is 1.00. The van der Waals surface area contributed by atoms with E-state index in [2.05, 4.69) is 46.4 Å². The SMILES string of the molecule is CC(C)CCCCN1CC(C)(C)CC(C)(C)C1. The van der Waals surface area contributed by atoms with Crippen LogP contribution < -0.4 is 0 Å². The molecular weight excluding hydrogens is 206 g/mol. The minimum absolute atomic E-state index is 0.500. The Balaban J connectivity index is 2.33. The molecule has 1 heterocycles. The van der Waals surface area contributed by atoms with Crippen molar-refractivity contribution in [1.82, 2.24) is 4.90 Å². The molecule has 1 aliphatic rings. The predicted octanol–water partition coefficient (Wildman–Crippen LogP) is 4.57. The summed E-state index contributed by atoms with van der Waals surface area (Å²) in [7, 11) is 0. The maximum atomic E-state index is 2.70. The molecule has 0 saturated carbocycles. The Morgan fingerprint density at radius 1 is 0.941 bits per heavy atom. The van der Waals surface area contributed by atoms with Gasteiger partial charge in [0, 0.05) is 13.1 Å². The minimum atomic E-state index is 0.500. The van der Waals surface area contributed by atoms with Crippen molar-refractivity contribution in [2.45, 2.75) is 67.2 Å². The lowest BCUT2D eigenvalue weighted by Gasteiger charge is -2.47. The Morgan fingerprint density at radius 2 is 1.47 bits per heavy atom. The number of likely N-dealkylation sites (tertiary alicyclic amines) is 1. The van der Waals surface area contributed by atoms with Gasteiger partial charge in [0.1, 0.15) is 0 Å². The zero-order chi connectivity index (χ0) is 13.1. The first kappa shape index (κ1) is 15.0. The Kier molecular flexibility index (Phi) is 5.07. The van der Waals surface area contributed by atoms with Crippen LogP contribution in [0.1, 0.15) is 67.2 Å². The van der Waals surface area contributed by atoms with Crippen LogP contribution >= 0.6 is 0 Å². The smallest absolute Gasteiger partial charge is 0.00331 e. The molecule has 0 atom stereocenters. The van der Waals surface area contributed by atoms with Gasteiger partial charge in [-0.3, -0.25) is 0 Å². The first-order valence-electron chi connectivity index (χ1n) is 7.43. The number of piperidine rings is 1. The van der Waals surface area contributed by atoms with E-state index < -0.39 is 0 Å². The first-order valence-corrected chi connectivity index (χ1v) is 7.43. The van der Waals surface area contributed by atoms with Gasteiger partial charge >= 0.3 is 0 Å². The van der Waals surface area contributed by atoms with E-state index in [1.165, 1.54) is 45.3 Å². The zero-order valence-electron chi connectivity index (χ0n) is 13.0. The highest BCUT2D eigenvalue weighted by atomic mass is 15.1. The largest absolute Gasteiger partial charge is 0.302 e. The molecule has 1 rings (SSSR count). The van der Waals surface area contributed by atoms with Gasteiger partial charge in [0.05, 0.1) is 0 Å². The standard InChI is InChI=1S/C16H33N/c1-14(2)9-7-8-10-17-12-15(3,4)11-16(5,6)13-17/h14H,7-13H2,1-6H3. The van der Waals surface area contributed by atoms with Crippen molar-refractivity contribution < 1.29 is 0 Å². The second-order valence-corrected chi connectivity index (χ2v) is 8.11. The highest BCUT2D eigenvalue weighted by Gasteiger charge is 2.36. The summed E-state index contributed by atoms with van der Waals surface area (Å²) in [5.74, 6) is 0.865. The monoisotopic (exact) mass is 239 g/mol. The highest BCUT2D eigenvalue weighted by molar-refractivity contribution is 4.89. The molecule has 0 aromatic rings. The Bertz CT molecular complexity index is 212. The maximum Gasteiger partial charge on any atom is 0.00331 e. The molecular formula is C16H33N. The van der Waals surface area contributed by atoms with Gasteiger partial charge in [0.2, 0.25) is 0 Å².